The molecule has 0 radical (unpaired) electrons. The van der Waals surface area contributed by atoms with Gasteiger partial charge in [0.15, 0.2) is 5.82 Å². The quantitative estimate of drug-likeness (QED) is 0.674. The van der Waals surface area contributed by atoms with E-state index in [4.69, 9.17) is 9.47 Å². The Morgan fingerprint density at radius 3 is 2.84 bits per heavy atom. The summed E-state index contributed by atoms with van der Waals surface area (Å²) in [6, 6.07) is 5.22. The van der Waals surface area contributed by atoms with E-state index < -0.39 is 0 Å². The standard InChI is InChI=1S/C23H33N5O4/c1-15(2)21(24-23(30)17-7-11-32-14-17)22-26-25-20-6-8-27(9-10-28(20)22)13-16-4-5-18(31-3)12-19(16)29/h4-5,12,15,17,21,29H,6-11,13-14H2,1-3H3,(H,24,30)/t17-,21+/m1/s1. The predicted octanol–water partition coefficient (Wildman–Crippen LogP) is 1.90. The van der Waals surface area contributed by atoms with Crippen molar-refractivity contribution in [3.63, 3.8) is 0 Å². The summed E-state index contributed by atoms with van der Waals surface area (Å²) in [5.74, 6) is 2.77. The van der Waals surface area contributed by atoms with Crippen LogP contribution in [0, 0.1) is 11.8 Å². The molecule has 0 bridgehead atoms. The lowest BCUT2D eigenvalue weighted by molar-refractivity contribution is -0.126. The van der Waals surface area contributed by atoms with Gasteiger partial charge in [0.2, 0.25) is 5.91 Å². The number of nitrogens with zero attached hydrogens (tertiary/aromatic N) is 4. The minimum atomic E-state index is -0.193. The molecule has 2 atom stereocenters. The Bertz CT molecular complexity index is 938. The zero-order valence-corrected chi connectivity index (χ0v) is 19.1. The summed E-state index contributed by atoms with van der Waals surface area (Å²) in [4.78, 5) is 15.0. The Labute approximate surface area is 188 Å². The molecule has 0 spiro atoms. The predicted molar refractivity (Wildman–Crippen MR) is 118 cm³/mol. The highest BCUT2D eigenvalue weighted by molar-refractivity contribution is 5.79. The average Bonchev–Trinajstić information content (AvgIpc) is 3.41. The smallest absolute Gasteiger partial charge is 0.226 e. The number of ether oxygens (including phenoxy) is 2. The fourth-order valence-electron chi connectivity index (χ4n) is 4.36. The van der Waals surface area contributed by atoms with Gasteiger partial charge >= 0.3 is 0 Å². The Balaban J connectivity index is 1.45. The highest BCUT2D eigenvalue weighted by Gasteiger charge is 2.31. The molecule has 9 nitrogen and oxygen atoms in total. The molecule has 1 aromatic heterocycles. The molecule has 1 amide bonds. The Hall–Kier alpha value is -2.65. The average molecular weight is 444 g/mol. The molecule has 3 heterocycles. The number of benzene rings is 1. The second kappa shape index (κ2) is 9.87. The van der Waals surface area contributed by atoms with Crippen LogP contribution < -0.4 is 10.1 Å². The molecule has 0 saturated carbocycles. The number of aromatic hydroxyl groups is 1. The van der Waals surface area contributed by atoms with Crippen molar-refractivity contribution in [2.45, 2.75) is 45.8 Å². The van der Waals surface area contributed by atoms with Gasteiger partial charge in [-0.1, -0.05) is 19.9 Å². The van der Waals surface area contributed by atoms with Crippen molar-refractivity contribution in [3.05, 3.63) is 35.4 Å². The lowest BCUT2D eigenvalue weighted by atomic mass is 10.0. The summed E-state index contributed by atoms with van der Waals surface area (Å²) in [5.41, 5.74) is 0.870. The fourth-order valence-corrected chi connectivity index (χ4v) is 4.36. The molecular formula is C23H33N5O4. The molecule has 1 saturated heterocycles. The van der Waals surface area contributed by atoms with Crippen molar-refractivity contribution in [1.82, 2.24) is 25.0 Å². The van der Waals surface area contributed by atoms with Crippen molar-refractivity contribution >= 4 is 5.91 Å². The molecule has 2 aliphatic heterocycles. The number of carbonyl (C=O) groups is 1. The van der Waals surface area contributed by atoms with Crippen molar-refractivity contribution in [2.24, 2.45) is 11.8 Å². The van der Waals surface area contributed by atoms with Gasteiger partial charge in [-0.15, -0.1) is 10.2 Å². The second-order valence-electron chi connectivity index (χ2n) is 8.94. The Morgan fingerprint density at radius 2 is 2.16 bits per heavy atom. The maximum absolute atomic E-state index is 12.7. The number of phenols is 1. The van der Waals surface area contributed by atoms with Gasteiger partial charge in [-0.3, -0.25) is 9.69 Å². The van der Waals surface area contributed by atoms with Gasteiger partial charge in [0, 0.05) is 50.8 Å². The van der Waals surface area contributed by atoms with Crippen LogP contribution in [0.1, 0.15) is 43.5 Å². The van der Waals surface area contributed by atoms with Crippen LogP contribution in [0.4, 0.5) is 0 Å². The van der Waals surface area contributed by atoms with Crippen molar-refractivity contribution < 1.29 is 19.4 Å². The Morgan fingerprint density at radius 1 is 1.31 bits per heavy atom. The normalized spacial score (nSPS) is 20.1. The fraction of sp³-hybridized carbons (Fsp3) is 0.609. The number of fused-ring (bicyclic) bond motifs is 1. The second-order valence-corrected chi connectivity index (χ2v) is 8.94. The minimum absolute atomic E-state index is 0.0313. The lowest BCUT2D eigenvalue weighted by Crippen LogP contribution is -2.38. The highest BCUT2D eigenvalue weighted by atomic mass is 16.5. The van der Waals surface area contributed by atoms with Crippen molar-refractivity contribution in [3.8, 4) is 11.5 Å². The molecule has 32 heavy (non-hydrogen) atoms. The lowest BCUT2D eigenvalue weighted by Gasteiger charge is -2.24. The SMILES string of the molecule is COc1ccc(CN2CCc3nnc([C@@H](NC(=O)[C@@H]4CCOC4)C(C)C)n3CC2)c(O)c1. The number of aromatic nitrogens is 3. The van der Waals surface area contributed by atoms with Crippen LogP contribution in [0.5, 0.6) is 11.5 Å². The molecule has 4 rings (SSSR count). The number of phenolic OH excluding ortho intramolecular Hbond substituents is 1. The maximum atomic E-state index is 12.7. The summed E-state index contributed by atoms with van der Waals surface area (Å²) in [5, 5.41) is 22.5. The zero-order valence-electron chi connectivity index (χ0n) is 19.1. The van der Waals surface area contributed by atoms with Gasteiger partial charge in [-0.25, -0.2) is 0 Å². The summed E-state index contributed by atoms with van der Waals surface area (Å²) in [6.07, 6.45) is 1.53. The summed E-state index contributed by atoms with van der Waals surface area (Å²) in [7, 11) is 1.59. The monoisotopic (exact) mass is 443 g/mol. The van der Waals surface area contributed by atoms with Crippen LogP contribution in [0.15, 0.2) is 18.2 Å². The van der Waals surface area contributed by atoms with Gasteiger partial charge in [-0.2, -0.15) is 0 Å². The molecule has 174 valence electrons. The molecule has 1 aromatic carbocycles. The van der Waals surface area contributed by atoms with Gasteiger partial charge in [0.05, 0.1) is 25.7 Å². The van der Waals surface area contributed by atoms with E-state index in [2.05, 4.69) is 38.8 Å². The summed E-state index contributed by atoms with van der Waals surface area (Å²) >= 11 is 0. The van der Waals surface area contributed by atoms with E-state index >= 15 is 0 Å². The number of nitrogens with one attached hydrogen (secondary N) is 1. The van der Waals surface area contributed by atoms with E-state index in [-0.39, 0.29) is 29.5 Å². The van der Waals surface area contributed by atoms with Crippen LogP contribution in [-0.4, -0.2) is 64.1 Å². The number of hydrogen-bond acceptors (Lipinski definition) is 7. The van der Waals surface area contributed by atoms with Gasteiger partial charge in [0.1, 0.15) is 17.3 Å². The van der Waals surface area contributed by atoms with Crippen LogP contribution >= 0.6 is 0 Å². The molecule has 1 fully saturated rings. The van der Waals surface area contributed by atoms with E-state index in [9.17, 15) is 9.90 Å². The van der Waals surface area contributed by atoms with Crippen LogP contribution in [0.25, 0.3) is 0 Å². The number of carbonyl (C=O) groups excluding carboxylic acids is 1. The molecular weight excluding hydrogens is 410 g/mol. The van der Waals surface area contributed by atoms with E-state index in [1.165, 1.54) is 0 Å². The van der Waals surface area contributed by atoms with E-state index in [0.717, 1.165) is 49.7 Å². The number of hydrogen-bond donors (Lipinski definition) is 2. The third kappa shape index (κ3) is 4.88. The van der Waals surface area contributed by atoms with Gasteiger partial charge < -0.3 is 24.5 Å². The molecule has 9 heteroatoms. The molecule has 0 unspecified atom stereocenters. The van der Waals surface area contributed by atoms with E-state index in [1.807, 2.05) is 12.1 Å². The zero-order chi connectivity index (χ0) is 22.7. The van der Waals surface area contributed by atoms with Crippen molar-refractivity contribution in [1.29, 1.82) is 0 Å². The summed E-state index contributed by atoms with van der Waals surface area (Å²) in [6.45, 7) is 8.32. The van der Waals surface area contributed by atoms with E-state index in [0.29, 0.717) is 25.5 Å². The third-order valence-corrected chi connectivity index (χ3v) is 6.38. The number of methoxy groups -OCH3 is 1. The van der Waals surface area contributed by atoms with Gasteiger partial charge in [-0.05, 0) is 18.4 Å². The number of rotatable bonds is 7. The first-order chi connectivity index (χ1) is 15.5. The number of amides is 1. The van der Waals surface area contributed by atoms with E-state index in [1.54, 1.807) is 13.2 Å². The highest BCUT2D eigenvalue weighted by Crippen LogP contribution is 2.27. The molecule has 2 N–H and O–H groups in total. The molecule has 2 aromatic rings. The first kappa shape index (κ1) is 22.5. The third-order valence-electron chi connectivity index (χ3n) is 6.38. The first-order valence-corrected chi connectivity index (χ1v) is 11.3. The van der Waals surface area contributed by atoms with Crippen LogP contribution in [0.2, 0.25) is 0 Å². The maximum Gasteiger partial charge on any atom is 0.226 e. The minimum Gasteiger partial charge on any atom is -0.507 e. The van der Waals surface area contributed by atoms with Crippen LogP contribution in [0.3, 0.4) is 0 Å². The topological polar surface area (TPSA) is 102 Å². The molecule has 0 aliphatic carbocycles. The van der Waals surface area contributed by atoms with Crippen LogP contribution in [-0.2, 0) is 29.0 Å². The van der Waals surface area contributed by atoms with Gasteiger partial charge in [0.25, 0.3) is 0 Å². The summed E-state index contributed by atoms with van der Waals surface area (Å²) < 4.78 is 12.7. The molecule has 2 aliphatic rings. The van der Waals surface area contributed by atoms with Crippen molar-refractivity contribution in [2.75, 3.05) is 33.4 Å². The first-order valence-electron chi connectivity index (χ1n) is 11.3. The Kier molecular flexibility index (Phi) is 6.95. The largest absolute Gasteiger partial charge is 0.507 e.